The number of hydrogen-bond donors (Lipinski definition) is 0. The highest BCUT2D eigenvalue weighted by Crippen LogP contribution is 2.39. The molecule has 0 amide bonds. The van der Waals surface area contributed by atoms with Crippen LogP contribution in [-0.2, 0) is 11.2 Å². The first kappa shape index (κ1) is 26.9. The van der Waals surface area contributed by atoms with Crippen molar-refractivity contribution in [3.8, 4) is 23.0 Å². The van der Waals surface area contributed by atoms with Gasteiger partial charge in [0.1, 0.15) is 16.8 Å². The monoisotopic (exact) mass is 553 g/mol. The number of carboxylic acids is 1. The highest BCUT2D eigenvalue weighted by Gasteiger charge is 2.23. The predicted molar refractivity (Wildman–Crippen MR) is 141 cm³/mol. The summed E-state index contributed by atoms with van der Waals surface area (Å²) < 4.78 is 29.8. The normalized spacial score (nSPS) is 11.6. The average Bonchev–Trinajstić information content (AvgIpc) is 3.39. The van der Waals surface area contributed by atoms with Gasteiger partial charge in [-0.2, -0.15) is 8.75 Å². The van der Waals surface area contributed by atoms with Crippen LogP contribution in [-0.4, -0.2) is 48.9 Å². The van der Waals surface area contributed by atoms with E-state index in [1.165, 1.54) is 46.6 Å². The minimum atomic E-state index is -1.53. The molecule has 0 fully saturated rings. The van der Waals surface area contributed by atoms with Crippen molar-refractivity contribution in [1.29, 1.82) is 0 Å². The van der Waals surface area contributed by atoms with E-state index in [-0.39, 0.29) is 33.7 Å². The fraction of sp³-hybridized carbons (Fsp3) is 0.185. The maximum atomic E-state index is 13.9. The Balaban J connectivity index is 1.95. The van der Waals surface area contributed by atoms with Crippen molar-refractivity contribution in [2.45, 2.75) is 6.42 Å². The van der Waals surface area contributed by atoms with Gasteiger partial charge in [0, 0.05) is 23.1 Å². The minimum absolute atomic E-state index is 0.0388. The number of rotatable bonds is 10. The van der Waals surface area contributed by atoms with Crippen LogP contribution in [0.1, 0.15) is 21.5 Å². The molecule has 0 aliphatic carbocycles. The fourth-order valence-electron chi connectivity index (χ4n) is 4.06. The first-order valence-electron chi connectivity index (χ1n) is 11.2. The van der Waals surface area contributed by atoms with Gasteiger partial charge in [0.05, 0.1) is 51.2 Å². The molecule has 0 atom stereocenters. The number of halogens is 1. The summed E-state index contributed by atoms with van der Waals surface area (Å²) in [6.45, 7) is 0. The largest absolute Gasteiger partial charge is 0.545 e. The molecule has 0 bridgehead atoms. The molecule has 3 aromatic carbocycles. The maximum Gasteiger partial charge on any atom is 0.203 e. The molecule has 196 valence electrons. The molecule has 0 aliphatic heterocycles. The Kier molecular flexibility index (Phi) is 8.13. The number of fused-ring (bicyclic) bond motifs is 1. The van der Waals surface area contributed by atoms with E-state index in [2.05, 4.69) is 8.75 Å². The van der Waals surface area contributed by atoms with Crippen molar-refractivity contribution in [1.82, 2.24) is 8.75 Å². The lowest BCUT2D eigenvalue weighted by Crippen LogP contribution is -2.27. The summed E-state index contributed by atoms with van der Waals surface area (Å²) in [6.07, 6.45) is -0.101. The molecule has 0 saturated carbocycles. The molecule has 0 radical (unpaired) electrons. The van der Waals surface area contributed by atoms with Crippen LogP contribution in [0.15, 0.2) is 54.1 Å². The second kappa shape index (κ2) is 11.5. The third-order valence-electron chi connectivity index (χ3n) is 5.84. The molecule has 1 heterocycles. The predicted octanol–water partition coefficient (Wildman–Crippen LogP) is 4.01. The van der Waals surface area contributed by atoms with Crippen LogP contribution in [0, 0.1) is 0 Å². The van der Waals surface area contributed by atoms with E-state index in [0.717, 1.165) is 11.7 Å². The van der Waals surface area contributed by atoms with Gasteiger partial charge in [0.2, 0.25) is 5.75 Å². The third-order valence-corrected chi connectivity index (χ3v) is 6.69. The Bertz CT molecular complexity index is 1540. The van der Waals surface area contributed by atoms with Gasteiger partial charge in [-0.25, -0.2) is 0 Å². The second-order valence-electron chi connectivity index (χ2n) is 8.00. The van der Waals surface area contributed by atoms with Gasteiger partial charge in [0.15, 0.2) is 17.3 Å². The first-order chi connectivity index (χ1) is 18.3. The van der Waals surface area contributed by atoms with Crippen molar-refractivity contribution in [2.24, 2.45) is 0 Å². The number of ether oxygens (including phenoxy) is 4. The van der Waals surface area contributed by atoms with E-state index in [1.54, 1.807) is 30.3 Å². The van der Waals surface area contributed by atoms with Gasteiger partial charge in [-0.1, -0.05) is 17.7 Å². The SMILES string of the molecule is COc1ccc(C(=O)/C(Cc2cc(OC)c(OC)c(OC)c2)=C(\C(=O)[O-])c2ccc3nsnc3c2)cc1Cl. The Labute approximate surface area is 227 Å². The number of ketones is 1. The van der Waals surface area contributed by atoms with E-state index in [1.807, 2.05) is 0 Å². The summed E-state index contributed by atoms with van der Waals surface area (Å²) in [6, 6.07) is 12.6. The number of methoxy groups -OCH3 is 4. The summed E-state index contributed by atoms with van der Waals surface area (Å²) in [5, 5.41) is 12.8. The molecule has 0 unspecified atom stereocenters. The molecule has 4 aromatic rings. The molecule has 11 heteroatoms. The molecule has 1 aromatic heterocycles. The number of aromatic nitrogens is 2. The number of carbonyl (C=O) groups is 2. The van der Waals surface area contributed by atoms with Crippen LogP contribution in [0.4, 0.5) is 0 Å². The quantitative estimate of drug-likeness (QED) is 0.212. The van der Waals surface area contributed by atoms with Crippen LogP contribution in [0.5, 0.6) is 23.0 Å². The zero-order chi connectivity index (χ0) is 27.4. The zero-order valence-electron chi connectivity index (χ0n) is 20.9. The Hall–Kier alpha value is -4.15. The van der Waals surface area contributed by atoms with Crippen molar-refractivity contribution >= 4 is 51.7 Å². The Morgan fingerprint density at radius 2 is 1.45 bits per heavy atom. The lowest BCUT2D eigenvalue weighted by Gasteiger charge is -2.19. The summed E-state index contributed by atoms with van der Waals surface area (Å²) in [5.74, 6) is -0.640. The summed E-state index contributed by atoms with van der Waals surface area (Å²) in [4.78, 5) is 26.5. The Morgan fingerprint density at radius 3 is 2.03 bits per heavy atom. The number of allylic oxidation sites excluding steroid dienone is 1. The molecule has 38 heavy (non-hydrogen) atoms. The number of hydrogen-bond acceptors (Lipinski definition) is 10. The Morgan fingerprint density at radius 1 is 0.816 bits per heavy atom. The standard InChI is InChI=1S/C27H23ClN2O7S/c1-34-21-8-6-16(12-18(21)28)25(31)17(9-14-10-22(35-2)26(37-4)23(11-14)36-3)24(27(32)33)15-5-7-19-20(13-15)30-38-29-19/h5-8,10-13H,9H2,1-4H3,(H,32,33)/p-1/b24-17-. The molecular formula is C27H22ClN2O7S-. The maximum absolute atomic E-state index is 13.9. The minimum Gasteiger partial charge on any atom is -0.545 e. The fourth-order valence-corrected chi connectivity index (χ4v) is 4.83. The van der Waals surface area contributed by atoms with Crippen molar-refractivity contribution in [3.63, 3.8) is 0 Å². The molecule has 0 N–H and O–H groups in total. The van der Waals surface area contributed by atoms with E-state index in [4.69, 9.17) is 30.5 Å². The molecule has 4 rings (SSSR count). The van der Waals surface area contributed by atoms with Gasteiger partial charge in [-0.15, -0.1) is 0 Å². The van der Waals surface area contributed by atoms with Crippen molar-refractivity contribution in [2.75, 3.05) is 28.4 Å². The highest BCUT2D eigenvalue weighted by molar-refractivity contribution is 7.00. The zero-order valence-corrected chi connectivity index (χ0v) is 22.4. The highest BCUT2D eigenvalue weighted by atomic mass is 35.5. The summed E-state index contributed by atoms with van der Waals surface area (Å²) >= 11 is 7.28. The second-order valence-corrected chi connectivity index (χ2v) is 8.93. The number of carboxylic acid groups (broad SMARTS) is 1. The van der Waals surface area contributed by atoms with Gasteiger partial charge in [-0.3, -0.25) is 4.79 Å². The van der Waals surface area contributed by atoms with Crippen LogP contribution in [0.2, 0.25) is 5.02 Å². The lowest BCUT2D eigenvalue weighted by molar-refractivity contribution is -0.295. The smallest absolute Gasteiger partial charge is 0.203 e. The summed E-state index contributed by atoms with van der Waals surface area (Å²) in [7, 11) is 5.86. The van der Waals surface area contributed by atoms with E-state index < -0.39 is 11.8 Å². The van der Waals surface area contributed by atoms with Crippen LogP contribution < -0.4 is 24.1 Å². The summed E-state index contributed by atoms with van der Waals surface area (Å²) in [5.41, 5.74) is 1.74. The average molecular weight is 554 g/mol. The van der Waals surface area contributed by atoms with Gasteiger partial charge < -0.3 is 28.8 Å². The molecular weight excluding hydrogens is 532 g/mol. The topological polar surface area (TPSA) is 120 Å². The van der Waals surface area contributed by atoms with Crippen LogP contribution >= 0.6 is 23.3 Å². The van der Waals surface area contributed by atoms with E-state index in [9.17, 15) is 14.7 Å². The number of Topliss-reactive ketones (excluding diaryl/α,β-unsaturated/α-hetero) is 1. The van der Waals surface area contributed by atoms with E-state index >= 15 is 0 Å². The van der Waals surface area contributed by atoms with Crippen molar-refractivity contribution < 1.29 is 33.6 Å². The number of benzene rings is 3. The molecule has 0 aliphatic rings. The van der Waals surface area contributed by atoms with Crippen LogP contribution in [0.3, 0.4) is 0 Å². The molecule has 9 nitrogen and oxygen atoms in total. The van der Waals surface area contributed by atoms with Crippen molar-refractivity contribution in [3.05, 3.63) is 75.8 Å². The van der Waals surface area contributed by atoms with Gasteiger partial charge in [0.25, 0.3) is 0 Å². The van der Waals surface area contributed by atoms with Crippen LogP contribution in [0.25, 0.3) is 16.6 Å². The number of aliphatic carboxylic acids is 1. The number of carbonyl (C=O) groups excluding carboxylic acids is 2. The number of nitrogens with zero attached hydrogens (tertiary/aromatic N) is 2. The third kappa shape index (κ3) is 5.27. The first-order valence-corrected chi connectivity index (χ1v) is 12.3. The van der Waals surface area contributed by atoms with Gasteiger partial charge in [-0.05, 0) is 53.6 Å². The van der Waals surface area contributed by atoms with Gasteiger partial charge >= 0.3 is 0 Å². The lowest BCUT2D eigenvalue weighted by atomic mass is 9.89. The molecule has 0 spiro atoms. The van der Waals surface area contributed by atoms with E-state index in [0.29, 0.717) is 39.6 Å². The molecule has 0 saturated heterocycles.